The average molecular weight is 197 g/mol. The molecule has 0 spiro atoms. The highest BCUT2D eigenvalue weighted by Gasteiger charge is 2.25. The molecule has 0 aromatic rings. The van der Waals surface area contributed by atoms with Crippen LogP contribution in [-0.2, 0) is 4.79 Å². The molecule has 2 N–H and O–H groups in total. The molecule has 1 saturated carbocycles. The van der Waals surface area contributed by atoms with Crippen molar-refractivity contribution in [1.82, 2.24) is 15.5 Å². The largest absolute Gasteiger partial charge is 0.352 e. The van der Waals surface area contributed by atoms with E-state index in [-0.39, 0.29) is 5.91 Å². The summed E-state index contributed by atoms with van der Waals surface area (Å²) in [7, 11) is 2.03. The minimum absolute atomic E-state index is 0.182. The summed E-state index contributed by atoms with van der Waals surface area (Å²) in [6.07, 6.45) is 3.49. The topological polar surface area (TPSA) is 44.4 Å². The molecule has 1 aliphatic heterocycles. The number of hydrogen-bond donors (Lipinski definition) is 2. The lowest BCUT2D eigenvalue weighted by Crippen LogP contribution is -2.42. The summed E-state index contributed by atoms with van der Waals surface area (Å²) >= 11 is 0. The van der Waals surface area contributed by atoms with Gasteiger partial charge in [0.25, 0.3) is 0 Å². The number of carbonyl (C=O) groups is 1. The molecule has 80 valence electrons. The lowest BCUT2D eigenvalue weighted by atomic mass is 10.2. The minimum Gasteiger partial charge on any atom is -0.352 e. The van der Waals surface area contributed by atoms with Crippen LogP contribution >= 0.6 is 0 Å². The maximum atomic E-state index is 11.5. The van der Waals surface area contributed by atoms with Crippen molar-refractivity contribution in [3.05, 3.63) is 0 Å². The Balaban J connectivity index is 1.69. The van der Waals surface area contributed by atoms with E-state index in [1.165, 1.54) is 12.8 Å². The molecule has 1 unspecified atom stereocenters. The molecule has 1 heterocycles. The zero-order chi connectivity index (χ0) is 9.97. The van der Waals surface area contributed by atoms with Gasteiger partial charge in [0.2, 0.25) is 5.91 Å². The average Bonchev–Trinajstić information content (AvgIpc) is 2.80. The van der Waals surface area contributed by atoms with E-state index in [0.717, 1.165) is 19.5 Å². The third-order valence-corrected chi connectivity index (χ3v) is 2.99. The Hall–Kier alpha value is -0.610. The number of rotatable bonds is 4. The second kappa shape index (κ2) is 4.28. The fourth-order valence-electron chi connectivity index (χ4n) is 1.87. The highest BCUT2D eigenvalue weighted by Crippen LogP contribution is 2.18. The molecule has 1 amide bonds. The summed E-state index contributed by atoms with van der Waals surface area (Å²) in [6, 6.07) is 1.03. The van der Waals surface area contributed by atoms with E-state index in [1.54, 1.807) is 0 Å². The van der Waals surface area contributed by atoms with Gasteiger partial charge in [-0.05, 0) is 32.9 Å². The van der Waals surface area contributed by atoms with Crippen molar-refractivity contribution < 1.29 is 4.79 Å². The predicted molar refractivity (Wildman–Crippen MR) is 55.1 cm³/mol. The Bertz CT molecular complexity index is 209. The number of amides is 1. The van der Waals surface area contributed by atoms with Crippen molar-refractivity contribution in [3.8, 4) is 0 Å². The zero-order valence-corrected chi connectivity index (χ0v) is 8.75. The number of likely N-dealkylation sites (N-methyl/N-ethyl adjacent to an activating group) is 1. The fraction of sp³-hybridized carbons (Fsp3) is 0.900. The van der Waals surface area contributed by atoms with E-state index >= 15 is 0 Å². The second-order valence-electron chi connectivity index (χ2n) is 4.40. The molecule has 0 aromatic carbocycles. The molecule has 0 bridgehead atoms. The Morgan fingerprint density at radius 2 is 2.29 bits per heavy atom. The summed E-state index contributed by atoms with van der Waals surface area (Å²) in [5.74, 6) is 0.182. The highest BCUT2D eigenvalue weighted by atomic mass is 16.2. The lowest BCUT2D eigenvalue weighted by Gasteiger charge is -2.22. The molecule has 14 heavy (non-hydrogen) atoms. The van der Waals surface area contributed by atoms with Crippen LogP contribution in [0.15, 0.2) is 0 Å². The monoisotopic (exact) mass is 197 g/mol. The Morgan fingerprint density at radius 1 is 1.50 bits per heavy atom. The van der Waals surface area contributed by atoms with Gasteiger partial charge in [0.15, 0.2) is 0 Å². The molecule has 2 aliphatic rings. The van der Waals surface area contributed by atoms with Crippen molar-refractivity contribution in [2.24, 2.45) is 0 Å². The van der Waals surface area contributed by atoms with Gasteiger partial charge in [-0.1, -0.05) is 0 Å². The van der Waals surface area contributed by atoms with Gasteiger partial charge in [0, 0.05) is 18.6 Å². The van der Waals surface area contributed by atoms with Gasteiger partial charge in [-0.25, -0.2) is 0 Å². The van der Waals surface area contributed by atoms with Gasteiger partial charge in [0.05, 0.1) is 6.54 Å². The maximum absolute atomic E-state index is 11.5. The van der Waals surface area contributed by atoms with E-state index in [2.05, 4.69) is 15.5 Å². The zero-order valence-electron chi connectivity index (χ0n) is 8.75. The van der Waals surface area contributed by atoms with Crippen LogP contribution in [0.25, 0.3) is 0 Å². The Labute approximate surface area is 85.0 Å². The molecule has 4 nitrogen and oxygen atoms in total. The number of hydrogen-bond acceptors (Lipinski definition) is 3. The van der Waals surface area contributed by atoms with E-state index < -0.39 is 0 Å². The third kappa shape index (κ3) is 2.69. The highest BCUT2D eigenvalue weighted by molar-refractivity contribution is 5.78. The molecule has 0 aromatic heterocycles. The first-order valence-electron chi connectivity index (χ1n) is 5.46. The van der Waals surface area contributed by atoms with E-state index in [1.807, 2.05) is 7.05 Å². The van der Waals surface area contributed by atoms with E-state index in [4.69, 9.17) is 0 Å². The number of nitrogens with one attached hydrogen (secondary N) is 2. The van der Waals surface area contributed by atoms with Gasteiger partial charge in [-0.15, -0.1) is 0 Å². The summed E-state index contributed by atoms with van der Waals surface area (Å²) in [4.78, 5) is 13.6. The van der Waals surface area contributed by atoms with Gasteiger partial charge in [0.1, 0.15) is 0 Å². The smallest absolute Gasteiger partial charge is 0.234 e. The maximum Gasteiger partial charge on any atom is 0.234 e. The van der Waals surface area contributed by atoms with Crippen LogP contribution in [0.1, 0.15) is 19.3 Å². The SMILES string of the molecule is CN(CC(=O)NC1CC1)C1CCNC1. The van der Waals surface area contributed by atoms with E-state index in [9.17, 15) is 4.79 Å². The van der Waals surface area contributed by atoms with Crippen LogP contribution in [-0.4, -0.2) is 49.6 Å². The summed E-state index contributed by atoms with van der Waals surface area (Å²) in [5.41, 5.74) is 0. The minimum atomic E-state index is 0.182. The lowest BCUT2D eigenvalue weighted by molar-refractivity contribution is -0.122. The molecule has 1 saturated heterocycles. The predicted octanol–water partition coefficient (Wildman–Crippen LogP) is -0.441. The molecular weight excluding hydrogens is 178 g/mol. The second-order valence-corrected chi connectivity index (χ2v) is 4.40. The number of carbonyl (C=O) groups excluding carboxylic acids is 1. The first kappa shape index (κ1) is 9.93. The van der Waals surface area contributed by atoms with Crippen LogP contribution < -0.4 is 10.6 Å². The van der Waals surface area contributed by atoms with Crippen molar-refractivity contribution in [3.63, 3.8) is 0 Å². The van der Waals surface area contributed by atoms with Crippen LogP contribution in [0.2, 0.25) is 0 Å². The normalized spacial score (nSPS) is 26.9. The summed E-state index contributed by atoms with van der Waals surface area (Å²) < 4.78 is 0. The van der Waals surface area contributed by atoms with Gasteiger partial charge >= 0.3 is 0 Å². The summed E-state index contributed by atoms with van der Waals surface area (Å²) in [5, 5.41) is 6.31. The standard InChI is InChI=1S/C10H19N3O/c1-13(9-4-5-11-6-9)7-10(14)12-8-2-3-8/h8-9,11H,2-7H2,1H3,(H,12,14). The molecule has 1 aliphatic carbocycles. The van der Waals surface area contributed by atoms with Gasteiger partial charge < -0.3 is 10.6 Å². The van der Waals surface area contributed by atoms with Crippen LogP contribution in [0, 0.1) is 0 Å². The van der Waals surface area contributed by atoms with Crippen molar-refractivity contribution >= 4 is 5.91 Å². The van der Waals surface area contributed by atoms with Crippen molar-refractivity contribution in [2.45, 2.75) is 31.3 Å². The number of nitrogens with zero attached hydrogens (tertiary/aromatic N) is 1. The molecular formula is C10H19N3O. The Morgan fingerprint density at radius 3 is 2.86 bits per heavy atom. The Kier molecular flexibility index (Phi) is 3.03. The third-order valence-electron chi connectivity index (χ3n) is 2.99. The van der Waals surface area contributed by atoms with Crippen molar-refractivity contribution in [1.29, 1.82) is 0 Å². The van der Waals surface area contributed by atoms with Crippen molar-refractivity contribution in [2.75, 3.05) is 26.7 Å². The molecule has 0 radical (unpaired) electrons. The van der Waals surface area contributed by atoms with Gasteiger partial charge in [-0.3, -0.25) is 9.69 Å². The quantitative estimate of drug-likeness (QED) is 0.642. The molecule has 1 atom stereocenters. The molecule has 2 rings (SSSR count). The van der Waals surface area contributed by atoms with E-state index in [0.29, 0.717) is 18.6 Å². The summed E-state index contributed by atoms with van der Waals surface area (Å²) in [6.45, 7) is 2.65. The molecule has 2 fully saturated rings. The van der Waals surface area contributed by atoms with Crippen LogP contribution in [0.4, 0.5) is 0 Å². The first-order valence-corrected chi connectivity index (χ1v) is 5.46. The van der Waals surface area contributed by atoms with Crippen LogP contribution in [0.5, 0.6) is 0 Å². The fourth-order valence-corrected chi connectivity index (χ4v) is 1.87. The van der Waals surface area contributed by atoms with Gasteiger partial charge in [-0.2, -0.15) is 0 Å². The first-order chi connectivity index (χ1) is 6.75. The molecule has 4 heteroatoms. The van der Waals surface area contributed by atoms with Crippen LogP contribution in [0.3, 0.4) is 0 Å².